The Morgan fingerprint density at radius 3 is 2.64 bits per heavy atom. The van der Waals surface area contributed by atoms with Crippen LogP contribution in [0.2, 0.25) is 0 Å². The molecule has 2 atom stereocenters. The van der Waals surface area contributed by atoms with E-state index in [4.69, 9.17) is 9.84 Å². The van der Waals surface area contributed by atoms with Gasteiger partial charge in [0.25, 0.3) is 10.2 Å². The predicted molar refractivity (Wildman–Crippen MR) is 78.0 cm³/mol. The highest BCUT2D eigenvalue weighted by molar-refractivity contribution is 7.86. The van der Waals surface area contributed by atoms with Crippen molar-refractivity contribution in [2.75, 3.05) is 27.2 Å². The van der Waals surface area contributed by atoms with Crippen LogP contribution in [0.3, 0.4) is 0 Å². The highest BCUT2D eigenvalue weighted by Gasteiger charge is 2.40. The zero-order valence-electron chi connectivity index (χ0n) is 12.2. The molecule has 0 unspecified atom stereocenters. The Balaban J connectivity index is 2.12. The molecule has 0 aliphatic carbocycles. The maximum Gasteiger partial charge on any atom is 0.335 e. The van der Waals surface area contributed by atoms with Crippen LogP contribution in [0.5, 0.6) is 5.75 Å². The summed E-state index contributed by atoms with van der Waals surface area (Å²) < 4.78 is 31.8. The average Bonchev–Trinajstić information content (AvgIpc) is 2.81. The zero-order chi connectivity index (χ0) is 16.5. The van der Waals surface area contributed by atoms with Crippen LogP contribution in [0.25, 0.3) is 0 Å². The van der Waals surface area contributed by atoms with E-state index in [9.17, 15) is 18.3 Å². The van der Waals surface area contributed by atoms with E-state index in [1.54, 1.807) is 6.07 Å². The SMILES string of the molecule is CN(C)S(=O)(=O)N1C[C@@H](O)[C@H](Oc2cccc(C(=O)O)c2)C1. The van der Waals surface area contributed by atoms with Crippen molar-refractivity contribution in [2.24, 2.45) is 0 Å². The van der Waals surface area contributed by atoms with E-state index < -0.39 is 28.4 Å². The molecule has 1 aliphatic heterocycles. The third kappa shape index (κ3) is 3.38. The lowest BCUT2D eigenvalue weighted by molar-refractivity contribution is 0.0688. The number of carboxylic acid groups (broad SMARTS) is 1. The molecule has 2 N–H and O–H groups in total. The normalized spacial score (nSPS) is 22.9. The van der Waals surface area contributed by atoms with Gasteiger partial charge in [-0.15, -0.1) is 0 Å². The lowest BCUT2D eigenvalue weighted by Gasteiger charge is -2.20. The Hall–Kier alpha value is -1.68. The molecule has 1 aromatic rings. The molecule has 0 spiro atoms. The molecule has 9 heteroatoms. The van der Waals surface area contributed by atoms with Gasteiger partial charge in [-0.25, -0.2) is 4.79 Å². The van der Waals surface area contributed by atoms with Gasteiger partial charge < -0.3 is 14.9 Å². The van der Waals surface area contributed by atoms with E-state index in [1.165, 1.54) is 32.3 Å². The van der Waals surface area contributed by atoms with Crippen LogP contribution in [0.15, 0.2) is 24.3 Å². The largest absolute Gasteiger partial charge is 0.486 e. The van der Waals surface area contributed by atoms with Crippen molar-refractivity contribution < 1.29 is 28.2 Å². The first-order valence-electron chi connectivity index (χ1n) is 6.57. The molecule has 1 heterocycles. The fourth-order valence-corrected chi connectivity index (χ4v) is 3.27. The Morgan fingerprint density at radius 1 is 1.36 bits per heavy atom. The number of hydrogen-bond acceptors (Lipinski definition) is 5. The van der Waals surface area contributed by atoms with Gasteiger partial charge in [0.1, 0.15) is 18.0 Å². The molecular weight excluding hydrogens is 312 g/mol. The second-order valence-electron chi connectivity index (χ2n) is 5.16. The Kier molecular flexibility index (Phi) is 4.71. The summed E-state index contributed by atoms with van der Waals surface area (Å²) in [7, 11) is -0.806. The summed E-state index contributed by atoms with van der Waals surface area (Å²) in [5.74, 6) is -0.817. The van der Waals surface area contributed by atoms with Gasteiger partial charge in [-0.1, -0.05) is 6.07 Å². The number of ether oxygens (including phenoxy) is 1. The molecule has 122 valence electrons. The van der Waals surface area contributed by atoms with Crippen LogP contribution in [0, 0.1) is 0 Å². The number of aromatic carboxylic acids is 1. The fourth-order valence-electron chi connectivity index (χ4n) is 2.14. The molecule has 0 aromatic heterocycles. The van der Waals surface area contributed by atoms with Gasteiger partial charge in [-0.3, -0.25) is 0 Å². The summed E-state index contributed by atoms with van der Waals surface area (Å²) >= 11 is 0. The molecular formula is C13H18N2O6S. The summed E-state index contributed by atoms with van der Waals surface area (Å²) in [6.45, 7) is -0.0667. The van der Waals surface area contributed by atoms with Crippen LogP contribution in [0.1, 0.15) is 10.4 Å². The molecule has 0 bridgehead atoms. The molecule has 0 amide bonds. The highest BCUT2D eigenvalue weighted by atomic mass is 32.2. The molecule has 8 nitrogen and oxygen atoms in total. The lowest BCUT2D eigenvalue weighted by atomic mass is 10.2. The minimum Gasteiger partial charge on any atom is -0.486 e. The number of benzene rings is 1. The van der Waals surface area contributed by atoms with Crippen LogP contribution in [-0.4, -0.2) is 72.6 Å². The van der Waals surface area contributed by atoms with Gasteiger partial charge in [-0.05, 0) is 18.2 Å². The molecule has 1 aliphatic rings. The number of rotatable bonds is 5. The average molecular weight is 330 g/mol. The monoisotopic (exact) mass is 330 g/mol. The number of β-amino-alcohol motifs (C(OH)–C–C–N with tert-alkyl or cyclic N) is 1. The van der Waals surface area contributed by atoms with E-state index in [-0.39, 0.29) is 24.4 Å². The van der Waals surface area contributed by atoms with Crippen LogP contribution in [-0.2, 0) is 10.2 Å². The highest BCUT2D eigenvalue weighted by Crippen LogP contribution is 2.22. The first kappa shape index (κ1) is 16.7. The van der Waals surface area contributed by atoms with Gasteiger partial charge in [-0.2, -0.15) is 17.0 Å². The van der Waals surface area contributed by atoms with E-state index in [0.717, 1.165) is 8.61 Å². The molecule has 22 heavy (non-hydrogen) atoms. The van der Waals surface area contributed by atoms with E-state index in [1.807, 2.05) is 0 Å². The number of hydrogen-bond donors (Lipinski definition) is 2. The lowest BCUT2D eigenvalue weighted by Crippen LogP contribution is -2.39. The van der Waals surface area contributed by atoms with Crippen molar-refractivity contribution in [3.63, 3.8) is 0 Å². The standard InChI is InChI=1S/C13H18N2O6S/c1-14(2)22(19,20)15-7-11(16)12(8-15)21-10-5-3-4-9(6-10)13(17)18/h3-6,11-12,16H,7-8H2,1-2H3,(H,17,18)/t11-,12-/m1/s1. The number of carboxylic acids is 1. The molecule has 2 rings (SSSR count). The molecule has 0 saturated carbocycles. The first-order valence-corrected chi connectivity index (χ1v) is 7.97. The first-order chi connectivity index (χ1) is 10.2. The Morgan fingerprint density at radius 2 is 2.05 bits per heavy atom. The second kappa shape index (κ2) is 6.21. The van der Waals surface area contributed by atoms with Gasteiger partial charge in [0.15, 0.2) is 0 Å². The zero-order valence-corrected chi connectivity index (χ0v) is 13.0. The number of nitrogens with zero attached hydrogens (tertiary/aromatic N) is 2. The number of aliphatic hydroxyl groups excluding tert-OH is 1. The van der Waals surface area contributed by atoms with E-state index in [0.29, 0.717) is 0 Å². The summed E-state index contributed by atoms with van der Waals surface area (Å²) in [5.41, 5.74) is 0.0581. The van der Waals surface area contributed by atoms with Crippen molar-refractivity contribution in [3.8, 4) is 5.75 Å². The van der Waals surface area contributed by atoms with Crippen LogP contribution in [0.4, 0.5) is 0 Å². The molecule has 0 radical (unpaired) electrons. The van der Waals surface area contributed by atoms with Gasteiger partial charge in [0.05, 0.1) is 12.1 Å². The maximum absolute atomic E-state index is 12.0. The summed E-state index contributed by atoms with van der Waals surface area (Å²) in [6.07, 6.45) is -1.73. The second-order valence-corrected chi connectivity index (χ2v) is 7.31. The maximum atomic E-state index is 12.0. The number of carbonyl (C=O) groups is 1. The topological polar surface area (TPSA) is 107 Å². The minimum atomic E-state index is -3.62. The van der Waals surface area contributed by atoms with E-state index in [2.05, 4.69) is 0 Å². The van der Waals surface area contributed by atoms with E-state index >= 15 is 0 Å². The quantitative estimate of drug-likeness (QED) is 0.762. The van der Waals surface area contributed by atoms with Crippen molar-refractivity contribution >= 4 is 16.2 Å². The van der Waals surface area contributed by atoms with Crippen LogP contribution >= 0.6 is 0 Å². The number of aliphatic hydroxyl groups is 1. The van der Waals surface area contributed by atoms with Crippen molar-refractivity contribution in [1.29, 1.82) is 0 Å². The van der Waals surface area contributed by atoms with Crippen molar-refractivity contribution in [2.45, 2.75) is 12.2 Å². The molecule has 1 aromatic carbocycles. The summed E-state index contributed by atoms with van der Waals surface area (Å²) in [4.78, 5) is 10.9. The third-order valence-electron chi connectivity index (χ3n) is 3.36. The Bertz CT molecular complexity index is 660. The van der Waals surface area contributed by atoms with Crippen molar-refractivity contribution in [1.82, 2.24) is 8.61 Å². The smallest absolute Gasteiger partial charge is 0.335 e. The van der Waals surface area contributed by atoms with Crippen LogP contribution < -0.4 is 4.74 Å². The summed E-state index contributed by atoms with van der Waals surface area (Å²) in [6, 6.07) is 5.83. The fraction of sp³-hybridized carbons (Fsp3) is 0.462. The Labute approximate surface area is 128 Å². The van der Waals surface area contributed by atoms with Gasteiger partial charge in [0, 0.05) is 20.6 Å². The van der Waals surface area contributed by atoms with Gasteiger partial charge in [0.2, 0.25) is 0 Å². The minimum absolute atomic E-state index is 0.00101. The van der Waals surface area contributed by atoms with Gasteiger partial charge >= 0.3 is 5.97 Å². The van der Waals surface area contributed by atoms with Crippen molar-refractivity contribution in [3.05, 3.63) is 29.8 Å². The molecule has 1 saturated heterocycles. The molecule has 1 fully saturated rings. The summed E-state index contributed by atoms with van der Waals surface area (Å²) in [5, 5.41) is 18.9. The predicted octanol–water partition coefficient (Wildman–Crippen LogP) is -0.385. The third-order valence-corrected chi connectivity index (χ3v) is 5.23.